The van der Waals surface area contributed by atoms with Crippen molar-refractivity contribution in [3.63, 3.8) is 0 Å². The van der Waals surface area contributed by atoms with Crippen molar-refractivity contribution >= 4 is 23.6 Å². The third-order valence-corrected chi connectivity index (χ3v) is 4.21. The summed E-state index contributed by atoms with van der Waals surface area (Å²) in [5.74, 6) is -1.33. The number of rotatable bonds is 6. The molecule has 1 aromatic heterocycles. The van der Waals surface area contributed by atoms with Gasteiger partial charge < -0.3 is 9.64 Å². The van der Waals surface area contributed by atoms with Crippen LogP contribution in [0.25, 0.3) is 0 Å². The maximum atomic E-state index is 13.2. The average Bonchev–Trinajstić information content (AvgIpc) is 2.60. The van der Waals surface area contributed by atoms with Gasteiger partial charge in [0.2, 0.25) is 0 Å². The molecule has 2 aromatic rings. The van der Waals surface area contributed by atoms with Gasteiger partial charge in [-0.3, -0.25) is 4.79 Å². The van der Waals surface area contributed by atoms with Crippen LogP contribution in [0.2, 0.25) is 0 Å². The van der Waals surface area contributed by atoms with Crippen LogP contribution in [-0.2, 0) is 16.1 Å². The fourth-order valence-corrected chi connectivity index (χ4v) is 2.82. The summed E-state index contributed by atoms with van der Waals surface area (Å²) < 4.78 is 18.5. The predicted molar refractivity (Wildman–Crippen MR) is 93.8 cm³/mol. The van der Waals surface area contributed by atoms with Gasteiger partial charge in [-0.05, 0) is 43.0 Å². The van der Waals surface area contributed by atoms with Gasteiger partial charge in [-0.15, -0.1) is 11.8 Å². The van der Waals surface area contributed by atoms with Crippen molar-refractivity contribution < 1.29 is 18.7 Å². The normalized spacial score (nSPS) is 11.7. The Balaban J connectivity index is 2.00. The number of pyridine rings is 1. The first-order chi connectivity index (χ1) is 11.9. The highest BCUT2D eigenvalue weighted by atomic mass is 32.2. The third-order valence-electron chi connectivity index (χ3n) is 3.50. The fourth-order valence-electron chi connectivity index (χ4n) is 2.28. The molecule has 0 saturated carbocycles. The molecule has 0 aliphatic heterocycles. The van der Waals surface area contributed by atoms with Crippen molar-refractivity contribution in [3.05, 3.63) is 59.5 Å². The van der Waals surface area contributed by atoms with Crippen molar-refractivity contribution in [1.29, 1.82) is 0 Å². The summed E-state index contributed by atoms with van der Waals surface area (Å²) in [5, 5.41) is 0.542. The van der Waals surface area contributed by atoms with Gasteiger partial charge in [0.25, 0.3) is 5.91 Å². The maximum Gasteiger partial charge on any atom is 0.341 e. The molecule has 0 fully saturated rings. The highest BCUT2D eigenvalue weighted by Gasteiger charge is 2.23. The number of aromatic nitrogens is 1. The van der Waals surface area contributed by atoms with Gasteiger partial charge in [0.1, 0.15) is 10.8 Å². The maximum absolute atomic E-state index is 13.2. The zero-order valence-corrected chi connectivity index (χ0v) is 15.0. The molecule has 0 unspecified atom stereocenters. The van der Waals surface area contributed by atoms with Gasteiger partial charge in [0, 0.05) is 19.8 Å². The summed E-state index contributed by atoms with van der Waals surface area (Å²) >= 11 is 1.33. The topological polar surface area (TPSA) is 59.5 Å². The van der Waals surface area contributed by atoms with Crippen molar-refractivity contribution in [2.24, 2.45) is 0 Å². The van der Waals surface area contributed by atoms with Gasteiger partial charge in [-0.2, -0.15) is 0 Å². The number of likely N-dealkylation sites (N-methyl/N-ethyl adjacent to an activating group) is 1. The van der Waals surface area contributed by atoms with E-state index >= 15 is 0 Å². The Morgan fingerprint density at radius 3 is 2.76 bits per heavy atom. The minimum absolute atomic E-state index is 0.224. The fraction of sp³-hybridized carbons (Fsp3) is 0.278. The van der Waals surface area contributed by atoms with Crippen molar-refractivity contribution in [2.75, 3.05) is 13.3 Å². The number of amides is 1. The highest BCUT2D eigenvalue weighted by molar-refractivity contribution is 7.98. The highest BCUT2D eigenvalue weighted by Crippen LogP contribution is 2.18. The molecular weight excluding hydrogens is 343 g/mol. The molecule has 0 aliphatic rings. The molecule has 0 saturated heterocycles. The van der Waals surface area contributed by atoms with Gasteiger partial charge in [0.05, 0.1) is 5.56 Å². The Hall–Kier alpha value is -2.41. The number of halogens is 1. The lowest BCUT2D eigenvalue weighted by Crippen LogP contribution is -2.37. The summed E-state index contributed by atoms with van der Waals surface area (Å²) in [5.41, 5.74) is 0.980. The zero-order chi connectivity index (χ0) is 18.4. The van der Waals surface area contributed by atoms with E-state index in [4.69, 9.17) is 4.74 Å². The molecule has 1 amide bonds. The average molecular weight is 362 g/mol. The smallest absolute Gasteiger partial charge is 0.341 e. The first-order valence-corrected chi connectivity index (χ1v) is 8.84. The van der Waals surface area contributed by atoms with Gasteiger partial charge >= 0.3 is 5.97 Å². The molecule has 1 atom stereocenters. The van der Waals surface area contributed by atoms with Gasteiger partial charge in [-0.1, -0.05) is 12.1 Å². The number of esters is 1. The lowest BCUT2D eigenvalue weighted by atomic mass is 10.2. The molecular formula is C18H19FN2O3S. The van der Waals surface area contributed by atoms with Crippen LogP contribution in [0.5, 0.6) is 0 Å². The van der Waals surface area contributed by atoms with Crippen LogP contribution in [-0.4, -0.2) is 41.2 Å². The molecule has 132 valence electrons. The van der Waals surface area contributed by atoms with E-state index in [1.807, 2.05) is 0 Å². The summed E-state index contributed by atoms with van der Waals surface area (Å²) in [6, 6.07) is 9.25. The molecule has 0 bridgehead atoms. The van der Waals surface area contributed by atoms with Gasteiger partial charge in [0.15, 0.2) is 6.10 Å². The van der Waals surface area contributed by atoms with E-state index in [9.17, 15) is 14.0 Å². The number of nitrogens with zero attached hydrogens (tertiary/aromatic N) is 2. The second-order valence-electron chi connectivity index (χ2n) is 5.43. The SMILES string of the molecule is CSc1ncccc1C(=O)O[C@H](C)C(=O)N(C)Cc1cccc(F)c1. The molecule has 7 heteroatoms. The molecule has 0 aliphatic carbocycles. The van der Waals surface area contributed by atoms with Crippen LogP contribution in [0.1, 0.15) is 22.8 Å². The summed E-state index contributed by atoms with van der Waals surface area (Å²) in [7, 11) is 1.58. The van der Waals surface area contributed by atoms with Crippen LogP contribution in [0.4, 0.5) is 4.39 Å². The number of benzene rings is 1. The van der Waals surface area contributed by atoms with Gasteiger partial charge in [-0.25, -0.2) is 14.2 Å². The van der Waals surface area contributed by atoms with E-state index in [1.165, 1.54) is 35.7 Å². The number of thioether (sulfide) groups is 1. The van der Waals surface area contributed by atoms with Crippen LogP contribution < -0.4 is 0 Å². The minimum Gasteiger partial charge on any atom is -0.449 e. The van der Waals surface area contributed by atoms with E-state index in [0.29, 0.717) is 16.2 Å². The lowest BCUT2D eigenvalue weighted by molar-refractivity contribution is -0.139. The van der Waals surface area contributed by atoms with E-state index < -0.39 is 12.1 Å². The minimum atomic E-state index is -0.957. The van der Waals surface area contributed by atoms with E-state index in [1.54, 1.807) is 43.8 Å². The molecule has 0 spiro atoms. The monoisotopic (exact) mass is 362 g/mol. The van der Waals surface area contributed by atoms with Crippen molar-refractivity contribution in [3.8, 4) is 0 Å². The van der Waals surface area contributed by atoms with E-state index in [0.717, 1.165) is 0 Å². The Morgan fingerprint density at radius 2 is 2.08 bits per heavy atom. The lowest BCUT2D eigenvalue weighted by Gasteiger charge is -2.21. The standard InChI is InChI=1S/C18H19FN2O3S/c1-12(24-18(23)15-8-5-9-20-16(15)25-3)17(22)21(2)11-13-6-4-7-14(19)10-13/h4-10,12H,11H2,1-3H3/t12-/m1/s1. The first kappa shape index (κ1) is 18.9. The largest absolute Gasteiger partial charge is 0.449 e. The summed E-state index contributed by atoms with van der Waals surface area (Å²) in [6.45, 7) is 1.73. The number of carbonyl (C=O) groups excluding carboxylic acids is 2. The third kappa shape index (κ3) is 5.03. The van der Waals surface area contributed by atoms with E-state index in [2.05, 4.69) is 4.98 Å². The van der Waals surface area contributed by atoms with E-state index in [-0.39, 0.29) is 18.3 Å². The predicted octanol–water partition coefficient (Wildman–Crippen LogP) is 3.15. The number of hydrogen-bond donors (Lipinski definition) is 0. The van der Waals surface area contributed by atoms with Crippen LogP contribution >= 0.6 is 11.8 Å². The molecule has 1 aromatic carbocycles. The first-order valence-electron chi connectivity index (χ1n) is 7.61. The van der Waals surface area contributed by atoms with Crippen LogP contribution in [0.15, 0.2) is 47.6 Å². The Kier molecular flexibility index (Phi) is 6.52. The quantitative estimate of drug-likeness (QED) is 0.584. The second kappa shape index (κ2) is 8.62. The molecule has 25 heavy (non-hydrogen) atoms. The molecule has 5 nitrogen and oxygen atoms in total. The van der Waals surface area contributed by atoms with Crippen LogP contribution in [0, 0.1) is 5.82 Å². The number of ether oxygens (including phenoxy) is 1. The van der Waals surface area contributed by atoms with Crippen molar-refractivity contribution in [1.82, 2.24) is 9.88 Å². The second-order valence-corrected chi connectivity index (χ2v) is 6.23. The molecule has 1 heterocycles. The number of hydrogen-bond acceptors (Lipinski definition) is 5. The Bertz CT molecular complexity index is 769. The molecule has 2 rings (SSSR count). The summed E-state index contributed by atoms with van der Waals surface area (Å²) in [4.78, 5) is 30.2. The van der Waals surface area contributed by atoms with Crippen molar-refractivity contribution in [2.45, 2.75) is 24.6 Å². The molecule has 0 N–H and O–H groups in total. The summed E-state index contributed by atoms with van der Waals surface area (Å²) in [6.07, 6.45) is 2.44. The molecule has 0 radical (unpaired) electrons. The number of carbonyl (C=O) groups is 2. The Morgan fingerprint density at radius 1 is 1.32 bits per heavy atom. The zero-order valence-electron chi connectivity index (χ0n) is 14.2. The Labute approximate surface area is 150 Å². The van der Waals surface area contributed by atoms with Crippen LogP contribution in [0.3, 0.4) is 0 Å².